The normalized spacial score (nSPS) is 15.0. The number of benzene rings is 2. The van der Waals surface area contributed by atoms with Gasteiger partial charge in [-0.05, 0) is 87.7 Å². The van der Waals surface area contributed by atoms with Gasteiger partial charge in [-0.15, -0.1) is 0 Å². The van der Waals surface area contributed by atoms with Crippen molar-refractivity contribution in [3.8, 4) is 22.8 Å². The fraction of sp³-hybridized carbons (Fsp3) is 0.390. The van der Waals surface area contributed by atoms with Crippen LogP contribution < -0.4 is 24.8 Å². The first-order chi connectivity index (χ1) is 27.7. The van der Waals surface area contributed by atoms with Crippen LogP contribution in [0.4, 0.5) is 42.8 Å². The maximum atomic E-state index is 15.3. The molecule has 0 saturated carbocycles. The topological polar surface area (TPSA) is 115 Å². The maximum absolute atomic E-state index is 15.3. The van der Waals surface area contributed by atoms with Gasteiger partial charge in [0.25, 0.3) is 5.56 Å². The predicted octanol–water partition coefficient (Wildman–Crippen LogP) is 8.17. The Hall–Kier alpha value is -6.07. The van der Waals surface area contributed by atoms with E-state index in [4.69, 9.17) is 14.2 Å². The quantitative estimate of drug-likeness (QED) is 0.135. The van der Waals surface area contributed by atoms with Crippen molar-refractivity contribution in [1.29, 1.82) is 0 Å². The van der Waals surface area contributed by atoms with Crippen molar-refractivity contribution in [2.24, 2.45) is 0 Å². The van der Waals surface area contributed by atoms with Crippen molar-refractivity contribution in [2.75, 3.05) is 43.7 Å². The smallest absolute Gasteiger partial charge is 0.418 e. The van der Waals surface area contributed by atoms with Crippen LogP contribution in [-0.4, -0.2) is 76.1 Å². The molecule has 0 aliphatic carbocycles. The minimum atomic E-state index is -5.34. The number of alkyl halides is 6. The lowest BCUT2D eigenvalue weighted by atomic mass is 9.97. The minimum Gasteiger partial charge on any atom is -0.497 e. The highest BCUT2D eigenvalue weighted by Crippen LogP contribution is 2.44. The van der Waals surface area contributed by atoms with E-state index >= 15 is 26.3 Å². The van der Waals surface area contributed by atoms with Crippen molar-refractivity contribution < 1.29 is 45.3 Å². The average Bonchev–Trinajstić information content (AvgIpc) is 3.16. The van der Waals surface area contributed by atoms with Crippen LogP contribution in [0.2, 0.25) is 0 Å². The number of hydrogen-bond acceptors (Lipinski definition) is 10. The number of carbonyl (C=O) groups is 1. The number of aryl methyl sites for hydroxylation is 1. The van der Waals surface area contributed by atoms with Crippen LogP contribution in [0, 0.1) is 6.92 Å². The molecule has 1 atom stereocenters. The number of piperazine rings is 1. The van der Waals surface area contributed by atoms with Gasteiger partial charge in [0.05, 0.1) is 36.6 Å². The molecule has 4 heterocycles. The maximum Gasteiger partial charge on any atom is 0.418 e. The lowest BCUT2D eigenvalue weighted by molar-refractivity contribution is -0.139. The molecule has 5 aromatic rings. The SMILES string of the molecule is COc1ccc(CN(Cc2ccc(OC)cc2)c2cc(C)c(C(F)(F)F)c(-c3c(C(F)(F)F)cc4c(N5CCN(C(=O)OC(C)(C)C)C[C@@H]5C)ncnn4c3=O)n2)cc1. The van der Waals surface area contributed by atoms with E-state index in [-0.39, 0.29) is 44.4 Å². The summed E-state index contributed by atoms with van der Waals surface area (Å²) in [7, 11) is 2.99. The molecule has 1 aliphatic heterocycles. The van der Waals surface area contributed by atoms with Gasteiger partial charge >= 0.3 is 18.4 Å². The summed E-state index contributed by atoms with van der Waals surface area (Å²) in [6.07, 6.45) is -10.2. The number of fused-ring (bicyclic) bond motifs is 1. The van der Waals surface area contributed by atoms with E-state index in [0.717, 1.165) is 19.3 Å². The van der Waals surface area contributed by atoms with E-state index in [0.29, 0.717) is 33.2 Å². The lowest BCUT2D eigenvalue weighted by Gasteiger charge is -2.41. The molecule has 314 valence electrons. The molecule has 0 unspecified atom stereocenters. The second-order valence-corrected chi connectivity index (χ2v) is 15.2. The summed E-state index contributed by atoms with van der Waals surface area (Å²) in [5.74, 6) is 0.920. The van der Waals surface area contributed by atoms with Crippen LogP contribution in [0.25, 0.3) is 16.8 Å². The Bertz CT molecular complexity index is 2330. The summed E-state index contributed by atoms with van der Waals surface area (Å²) in [6, 6.07) is 14.9. The fourth-order valence-corrected chi connectivity index (χ4v) is 6.99. The molecule has 2 aromatic carbocycles. The zero-order valence-corrected chi connectivity index (χ0v) is 33.4. The lowest BCUT2D eigenvalue weighted by Crippen LogP contribution is -2.55. The Morgan fingerprint density at radius 3 is 1.93 bits per heavy atom. The highest BCUT2D eigenvalue weighted by Gasteiger charge is 2.43. The fourth-order valence-electron chi connectivity index (χ4n) is 6.99. The Morgan fingerprint density at radius 2 is 1.44 bits per heavy atom. The van der Waals surface area contributed by atoms with Crippen molar-refractivity contribution in [3.63, 3.8) is 0 Å². The van der Waals surface area contributed by atoms with Gasteiger partial charge in [0.1, 0.15) is 34.8 Å². The van der Waals surface area contributed by atoms with Crippen LogP contribution in [-0.2, 0) is 30.2 Å². The number of methoxy groups -OCH3 is 2. The standard InChI is InChI=1S/C41H43F6N7O5/c1-24-18-32(52(21-26-8-12-28(57-6)13-9-26)22-27-10-14-29(58-7)15-11-27)50-35(34(24)41(45,46)47)33-30(40(42,43)44)19-31-36(48-23-49-54(31)37(33)55)53-17-16-51(20-25(53)2)38(56)59-39(3,4)5/h8-15,18-19,23,25H,16-17,20-22H2,1-7H3/t25-/m0/s1. The first kappa shape index (κ1) is 42.5. The Kier molecular flexibility index (Phi) is 11.7. The molecule has 6 rings (SSSR count). The molecule has 1 fully saturated rings. The summed E-state index contributed by atoms with van der Waals surface area (Å²) < 4.78 is 107. The third-order valence-corrected chi connectivity index (χ3v) is 9.73. The second kappa shape index (κ2) is 16.3. The van der Waals surface area contributed by atoms with Crippen LogP contribution in [0.15, 0.2) is 71.8 Å². The van der Waals surface area contributed by atoms with Gasteiger partial charge in [0.2, 0.25) is 0 Å². The zero-order valence-electron chi connectivity index (χ0n) is 33.4. The van der Waals surface area contributed by atoms with Crippen molar-refractivity contribution in [1.82, 2.24) is 24.5 Å². The van der Waals surface area contributed by atoms with E-state index in [2.05, 4.69) is 15.1 Å². The number of hydrogen-bond donors (Lipinski definition) is 0. The molecule has 3 aromatic heterocycles. The first-order valence-electron chi connectivity index (χ1n) is 18.5. The predicted molar refractivity (Wildman–Crippen MR) is 208 cm³/mol. The minimum absolute atomic E-state index is 0.0616. The number of halogens is 6. The largest absolute Gasteiger partial charge is 0.497 e. The van der Waals surface area contributed by atoms with Crippen molar-refractivity contribution in [3.05, 3.63) is 105 Å². The average molecular weight is 828 g/mol. The van der Waals surface area contributed by atoms with Crippen LogP contribution in [0.1, 0.15) is 55.5 Å². The Morgan fingerprint density at radius 1 is 0.864 bits per heavy atom. The summed E-state index contributed by atoms with van der Waals surface area (Å²) in [5.41, 5.74) is -7.40. The number of aromatic nitrogens is 4. The van der Waals surface area contributed by atoms with E-state index in [9.17, 15) is 9.59 Å². The molecule has 0 bridgehead atoms. The van der Waals surface area contributed by atoms with Gasteiger partial charge in [-0.1, -0.05) is 24.3 Å². The summed E-state index contributed by atoms with van der Waals surface area (Å²) in [4.78, 5) is 40.4. The molecule has 1 amide bonds. The molecule has 12 nitrogen and oxygen atoms in total. The summed E-state index contributed by atoms with van der Waals surface area (Å²) in [6.45, 7) is 8.40. The summed E-state index contributed by atoms with van der Waals surface area (Å²) >= 11 is 0. The van der Waals surface area contributed by atoms with Gasteiger partial charge in [0.15, 0.2) is 5.82 Å². The monoisotopic (exact) mass is 827 g/mol. The van der Waals surface area contributed by atoms with E-state index in [1.54, 1.807) is 86.0 Å². The number of carbonyl (C=O) groups excluding carboxylic acids is 1. The number of amides is 1. The van der Waals surface area contributed by atoms with Crippen molar-refractivity contribution >= 4 is 23.2 Å². The highest BCUT2D eigenvalue weighted by atomic mass is 19.4. The van der Waals surface area contributed by atoms with Crippen molar-refractivity contribution in [2.45, 2.75) is 71.7 Å². The number of pyridine rings is 2. The molecule has 0 radical (unpaired) electrons. The van der Waals surface area contributed by atoms with E-state index in [1.807, 2.05) is 0 Å². The van der Waals surface area contributed by atoms with E-state index < -0.39 is 69.1 Å². The number of rotatable bonds is 9. The van der Waals surface area contributed by atoms with Crippen LogP contribution in [0.3, 0.4) is 0 Å². The summed E-state index contributed by atoms with van der Waals surface area (Å²) in [5, 5.41) is 3.94. The Labute approximate surface area is 335 Å². The molecule has 1 aliphatic rings. The molecular formula is C41H43F6N7O5. The zero-order chi connectivity index (χ0) is 43.0. The number of nitrogens with zero attached hydrogens (tertiary/aromatic N) is 7. The molecule has 1 saturated heterocycles. The van der Waals surface area contributed by atoms with Gasteiger partial charge in [-0.2, -0.15) is 36.0 Å². The second-order valence-electron chi connectivity index (χ2n) is 15.2. The third-order valence-electron chi connectivity index (χ3n) is 9.73. The van der Waals surface area contributed by atoms with Gasteiger partial charge in [0, 0.05) is 38.8 Å². The highest BCUT2D eigenvalue weighted by molar-refractivity contribution is 5.78. The van der Waals surface area contributed by atoms with E-state index in [1.165, 1.54) is 19.1 Å². The van der Waals surface area contributed by atoms with Gasteiger partial charge < -0.3 is 28.9 Å². The third kappa shape index (κ3) is 9.31. The van der Waals surface area contributed by atoms with Crippen LogP contribution in [0.5, 0.6) is 11.5 Å². The van der Waals surface area contributed by atoms with Gasteiger partial charge in [-0.3, -0.25) is 4.79 Å². The van der Waals surface area contributed by atoms with Gasteiger partial charge in [-0.25, -0.2) is 14.8 Å². The first-order valence-corrected chi connectivity index (χ1v) is 18.5. The number of ether oxygens (including phenoxy) is 3. The number of anilines is 2. The molecule has 59 heavy (non-hydrogen) atoms. The molecule has 0 spiro atoms. The molecule has 18 heteroatoms. The molecular weight excluding hydrogens is 784 g/mol. The molecule has 0 N–H and O–H groups in total. The Balaban J connectivity index is 1.52. The van der Waals surface area contributed by atoms with Crippen LogP contribution >= 0.6 is 0 Å².